The number of benzene rings is 1. The molecule has 0 N–H and O–H groups in total. The first-order chi connectivity index (χ1) is 9.33. The molecule has 0 radical (unpaired) electrons. The number of ether oxygens (including phenoxy) is 1. The standard InChI is InChI=1S/C15H15NO3/c17-15(12-7-4-8-12)18-10-13-9-14(19-16-13)11-5-2-1-3-6-11/h1-3,5-6,9,12H,4,7-8,10H2. The topological polar surface area (TPSA) is 52.3 Å². The van der Waals surface area contributed by atoms with E-state index >= 15 is 0 Å². The van der Waals surface area contributed by atoms with Gasteiger partial charge in [0.25, 0.3) is 0 Å². The second-order valence-corrected chi connectivity index (χ2v) is 4.78. The molecule has 0 bridgehead atoms. The van der Waals surface area contributed by atoms with Crippen molar-refractivity contribution in [3.05, 3.63) is 42.1 Å². The zero-order valence-corrected chi connectivity index (χ0v) is 10.5. The first kappa shape index (κ1) is 12.0. The van der Waals surface area contributed by atoms with Crippen molar-refractivity contribution in [1.29, 1.82) is 0 Å². The van der Waals surface area contributed by atoms with Gasteiger partial charge in [-0.25, -0.2) is 0 Å². The molecule has 0 spiro atoms. The molecule has 3 rings (SSSR count). The van der Waals surface area contributed by atoms with Gasteiger partial charge in [0.2, 0.25) is 0 Å². The summed E-state index contributed by atoms with van der Waals surface area (Å²) in [4.78, 5) is 11.6. The fraction of sp³-hybridized carbons (Fsp3) is 0.333. The van der Waals surface area contributed by atoms with E-state index in [1.807, 2.05) is 36.4 Å². The summed E-state index contributed by atoms with van der Waals surface area (Å²) >= 11 is 0. The Morgan fingerprint density at radius 2 is 2.11 bits per heavy atom. The van der Waals surface area contributed by atoms with Gasteiger partial charge in [-0.3, -0.25) is 4.79 Å². The quantitative estimate of drug-likeness (QED) is 0.789. The van der Waals surface area contributed by atoms with E-state index in [1.165, 1.54) is 0 Å². The Labute approximate surface area is 111 Å². The summed E-state index contributed by atoms with van der Waals surface area (Å²) in [6, 6.07) is 11.5. The molecule has 4 nitrogen and oxygen atoms in total. The maximum absolute atomic E-state index is 11.6. The van der Waals surface area contributed by atoms with Gasteiger partial charge in [-0.15, -0.1) is 0 Å². The molecule has 4 heteroatoms. The van der Waals surface area contributed by atoms with Gasteiger partial charge >= 0.3 is 5.97 Å². The Kier molecular flexibility index (Phi) is 3.31. The third-order valence-corrected chi connectivity index (χ3v) is 3.42. The van der Waals surface area contributed by atoms with Crippen LogP contribution in [0.25, 0.3) is 11.3 Å². The molecule has 1 fully saturated rings. The van der Waals surface area contributed by atoms with E-state index in [0.29, 0.717) is 11.5 Å². The zero-order valence-electron chi connectivity index (χ0n) is 10.5. The van der Waals surface area contributed by atoms with Crippen LogP contribution in [0.2, 0.25) is 0 Å². The molecule has 2 aromatic rings. The van der Waals surface area contributed by atoms with Crippen molar-refractivity contribution in [3.63, 3.8) is 0 Å². The number of aromatic nitrogens is 1. The van der Waals surface area contributed by atoms with E-state index < -0.39 is 0 Å². The highest BCUT2D eigenvalue weighted by Gasteiger charge is 2.26. The largest absolute Gasteiger partial charge is 0.459 e. The van der Waals surface area contributed by atoms with E-state index in [4.69, 9.17) is 9.26 Å². The summed E-state index contributed by atoms with van der Waals surface area (Å²) < 4.78 is 10.5. The molecular weight excluding hydrogens is 242 g/mol. The third-order valence-electron chi connectivity index (χ3n) is 3.42. The van der Waals surface area contributed by atoms with Crippen molar-refractivity contribution in [2.75, 3.05) is 0 Å². The van der Waals surface area contributed by atoms with E-state index in [2.05, 4.69) is 5.16 Å². The summed E-state index contributed by atoms with van der Waals surface area (Å²) in [6.45, 7) is 0.186. The van der Waals surface area contributed by atoms with Crippen LogP contribution in [0.1, 0.15) is 25.0 Å². The van der Waals surface area contributed by atoms with Crippen LogP contribution in [-0.2, 0) is 16.1 Å². The molecule has 0 aliphatic heterocycles. The van der Waals surface area contributed by atoms with Crippen molar-refractivity contribution in [3.8, 4) is 11.3 Å². The Hall–Kier alpha value is -2.10. The van der Waals surface area contributed by atoms with E-state index in [-0.39, 0.29) is 18.5 Å². The average molecular weight is 257 g/mol. The number of hydrogen-bond donors (Lipinski definition) is 0. The molecule has 0 amide bonds. The van der Waals surface area contributed by atoms with Gasteiger partial charge in [-0.1, -0.05) is 41.9 Å². The van der Waals surface area contributed by atoms with E-state index in [9.17, 15) is 4.79 Å². The number of hydrogen-bond acceptors (Lipinski definition) is 4. The molecule has 0 unspecified atom stereocenters. The summed E-state index contributed by atoms with van der Waals surface area (Å²) in [6.07, 6.45) is 3.03. The van der Waals surface area contributed by atoms with Gasteiger partial charge in [0.1, 0.15) is 12.3 Å². The van der Waals surface area contributed by atoms with Crippen LogP contribution in [0.15, 0.2) is 40.9 Å². The van der Waals surface area contributed by atoms with Crippen LogP contribution in [0.4, 0.5) is 0 Å². The zero-order chi connectivity index (χ0) is 13.1. The Morgan fingerprint density at radius 1 is 1.32 bits per heavy atom. The van der Waals surface area contributed by atoms with Crippen LogP contribution in [-0.4, -0.2) is 11.1 Å². The molecule has 98 valence electrons. The minimum absolute atomic E-state index is 0.0977. The predicted molar refractivity (Wildman–Crippen MR) is 69.1 cm³/mol. The molecular formula is C15H15NO3. The second kappa shape index (κ2) is 5.26. The highest BCUT2D eigenvalue weighted by atomic mass is 16.5. The highest BCUT2D eigenvalue weighted by Crippen LogP contribution is 2.28. The van der Waals surface area contributed by atoms with Gasteiger partial charge in [-0.2, -0.15) is 0 Å². The average Bonchev–Trinajstić information content (AvgIpc) is 2.84. The van der Waals surface area contributed by atoms with Crippen LogP contribution >= 0.6 is 0 Å². The lowest BCUT2D eigenvalue weighted by molar-refractivity contribution is -0.152. The summed E-state index contributed by atoms with van der Waals surface area (Å²) in [7, 11) is 0. The smallest absolute Gasteiger partial charge is 0.309 e. The second-order valence-electron chi connectivity index (χ2n) is 4.78. The van der Waals surface area contributed by atoms with Gasteiger partial charge in [-0.05, 0) is 12.8 Å². The molecule has 0 atom stereocenters. The highest BCUT2D eigenvalue weighted by molar-refractivity contribution is 5.73. The maximum atomic E-state index is 11.6. The predicted octanol–water partition coefficient (Wildman–Crippen LogP) is 3.18. The van der Waals surface area contributed by atoms with Crippen LogP contribution in [0, 0.1) is 5.92 Å². The monoisotopic (exact) mass is 257 g/mol. The fourth-order valence-corrected chi connectivity index (χ4v) is 2.03. The molecule has 1 saturated carbocycles. The lowest BCUT2D eigenvalue weighted by Gasteiger charge is -2.22. The van der Waals surface area contributed by atoms with Crippen LogP contribution < -0.4 is 0 Å². The third kappa shape index (κ3) is 2.67. The molecule has 1 aromatic heterocycles. The van der Waals surface area contributed by atoms with Crippen LogP contribution in [0.5, 0.6) is 0 Å². The van der Waals surface area contributed by atoms with E-state index in [1.54, 1.807) is 0 Å². The number of esters is 1. The molecule has 1 aliphatic rings. The van der Waals surface area contributed by atoms with Gasteiger partial charge in [0.05, 0.1) is 5.92 Å². The number of nitrogens with zero attached hydrogens (tertiary/aromatic N) is 1. The Morgan fingerprint density at radius 3 is 2.79 bits per heavy atom. The number of carbonyl (C=O) groups excluding carboxylic acids is 1. The minimum atomic E-state index is -0.115. The summed E-state index contributed by atoms with van der Waals surface area (Å²) in [5.41, 5.74) is 1.61. The normalized spacial score (nSPS) is 14.9. The van der Waals surface area contributed by atoms with Crippen molar-refractivity contribution in [1.82, 2.24) is 5.16 Å². The Bertz CT molecular complexity index is 558. The summed E-state index contributed by atoms with van der Waals surface area (Å²) in [5.74, 6) is 0.672. The minimum Gasteiger partial charge on any atom is -0.459 e. The maximum Gasteiger partial charge on any atom is 0.309 e. The lowest BCUT2D eigenvalue weighted by Crippen LogP contribution is -2.23. The van der Waals surface area contributed by atoms with Crippen molar-refractivity contribution >= 4 is 5.97 Å². The summed E-state index contributed by atoms with van der Waals surface area (Å²) in [5, 5.41) is 3.92. The van der Waals surface area contributed by atoms with Crippen molar-refractivity contribution < 1.29 is 14.1 Å². The molecule has 1 heterocycles. The van der Waals surface area contributed by atoms with Crippen molar-refractivity contribution in [2.45, 2.75) is 25.9 Å². The first-order valence-corrected chi connectivity index (χ1v) is 6.50. The molecule has 19 heavy (non-hydrogen) atoms. The SMILES string of the molecule is O=C(OCc1cc(-c2ccccc2)on1)C1CCC1. The van der Waals surface area contributed by atoms with E-state index in [0.717, 1.165) is 24.8 Å². The van der Waals surface area contributed by atoms with Gasteiger partial charge in [0, 0.05) is 11.6 Å². The van der Waals surface area contributed by atoms with Gasteiger partial charge in [0.15, 0.2) is 5.76 Å². The first-order valence-electron chi connectivity index (χ1n) is 6.50. The number of rotatable bonds is 4. The molecule has 0 saturated heterocycles. The van der Waals surface area contributed by atoms with Crippen LogP contribution in [0.3, 0.4) is 0 Å². The number of carbonyl (C=O) groups is 1. The Balaban J connectivity index is 1.60. The fourth-order valence-electron chi connectivity index (χ4n) is 2.03. The lowest BCUT2D eigenvalue weighted by atomic mass is 9.86. The van der Waals surface area contributed by atoms with Gasteiger partial charge < -0.3 is 9.26 Å². The molecule has 1 aliphatic carbocycles. The van der Waals surface area contributed by atoms with Crippen molar-refractivity contribution in [2.24, 2.45) is 5.92 Å². The molecule has 1 aromatic carbocycles.